The number of ether oxygens (including phenoxy) is 1. The lowest BCUT2D eigenvalue weighted by Crippen LogP contribution is -2.02. The van der Waals surface area contributed by atoms with Gasteiger partial charge < -0.3 is 4.74 Å². The summed E-state index contributed by atoms with van der Waals surface area (Å²) in [6, 6.07) is 18.9. The molecule has 3 aromatic carbocycles. The van der Waals surface area contributed by atoms with Crippen molar-refractivity contribution in [1.29, 1.82) is 0 Å². The van der Waals surface area contributed by atoms with E-state index in [9.17, 15) is 10.1 Å². The molecule has 154 valence electrons. The number of nitro groups is 1. The van der Waals surface area contributed by atoms with E-state index in [0.29, 0.717) is 38.2 Å². The number of non-ortho nitro benzene ring substituents is 1. The smallest absolute Gasteiger partial charge is 0.270 e. The third-order valence-corrected chi connectivity index (χ3v) is 5.04. The summed E-state index contributed by atoms with van der Waals surface area (Å²) in [4.78, 5) is 19.8. The fourth-order valence-electron chi connectivity index (χ4n) is 2.91. The van der Waals surface area contributed by atoms with Gasteiger partial charge >= 0.3 is 0 Å². The molecule has 8 heteroatoms. The van der Waals surface area contributed by atoms with Gasteiger partial charge in [0.25, 0.3) is 5.69 Å². The van der Waals surface area contributed by atoms with Crippen LogP contribution in [-0.4, -0.2) is 14.9 Å². The summed E-state index contributed by atoms with van der Waals surface area (Å²) in [7, 11) is 0. The van der Waals surface area contributed by atoms with E-state index in [-0.39, 0.29) is 12.3 Å². The summed E-state index contributed by atoms with van der Waals surface area (Å²) in [5.41, 5.74) is 3.33. The van der Waals surface area contributed by atoms with Gasteiger partial charge in [-0.3, -0.25) is 10.1 Å². The zero-order valence-electron chi connectivity index (χ0n) is 16.0. The van der Waals surface area contributed by atoms with E-state index in [1.165, 1.54) is 12.1 Å². The maximum absolute atomic E-state index is 11.0. The Morgan fingerprint density at radius 1 is 0.935 bits per heavy atom. The molecule has 0 bridgehead atoms. The van der Waals surface area contributed by atoms with Crippen LogP contribution in [0.25, 0.3) is 23.2 Å². The van der Waals surface area contributed by atoms with Crippen molar-refractivity contribution in [3.8, 4) is 5.88 Å². The normalized spacial score (nSPS) is 11.2. The highest BCUT2D eigenvalue weighted by molar-refractivity contribution is 6.35. The summed E-state index contributed by atoms with van der Waals surface area (Å²) in [6.07, 6.45) is 3.45. The molecule has 31 heavy (non-hydrogen) atoms. The van der Waals surface area contributed by atoms with E-state index in [1.807, 2.05) is 24.3 Å². The van der Waals surface area contributed by atoms with Gasteiger partial charge in [0, 0.05) is 27.7 Å². The Labute approximate surface area is 187 Å². The Morgan fingerprint density at radius 2 is 1.71 bits per heavy atom. The predicted molar refractivity (Wildman–Crippen MR) is 122 cm³/mol. The van der Waals surface area contributed by atoms with Crippen LogP contribution in [-0.2, 0) is 6.61 Å². The molecule has 4 rings (SSSR count). The first-order valence-electron chi connectivity index (χ1n) is 9.25. The van der Waals surface area contributed by atoms with Crippen molar-refractivity contribution in [3.05, 3.63) is 104 Å². The lowest BCUT2D eigenvalue weighted by molar-refractivity contribution is -0.384. The number of nitro benzene ring substituents is 1. The Morgan fingerprint density at radius 3 is 2.45 bits per heavy atom. The largest absolute Gasteiger partial charge is 0.471 e. The molecule has 0 fully saturated rings. The second kappa shape index (κ2) is 9.12. The van der Waals surface area contributed by atoms with Gasteiger partial charge in [0.15, 0.2) is 0 Å². The summed E-state index contributed by atoms with van der Waals surface area (Å²) < 4.78 is 5.94. The Balaban J connectivity index is 1.67. The molecule has 0 aliphatic rings. The molecule has 0 atom stereocenters. The van der Waals surface area contributed by atoms with E-state index in [4.69, 9.17) is 27.9 Å². The molecule has 4 aromatic rings. The number of rotatable bonds is 6. The van der Waals surface area contributed by atoms with E-state index in [1.54, 1.807) is 42.5 Å². The number of hydrogen-bond acceptors (Lipinski definition) is 5. The highest BCUT2D eigenvalue weighted by Crippen LogP contribution is 2.26. The molecule has 6 nitrogen and oxygen atoms in total. The van der Waals surface area contributed by atoms with Crippen LogP contribution in [0, 0.1) is 10.1 Å². The van der Waals surface area contributed by atoms with Crippen molar-refractivity contribution in [2.24, 2.45) is 0 Å². The Kier molecular flexibility index (Phi) is 6.11. The van der Waals surface area contributed by atoms with Crippen molar-refractivity contribution in [2.45, 2.75) is 6.61 Å². The number of fused-ring (bicyclic) bond motifs is 1. The fourth-order valence-corrected chi connectivity index (χ4v) is 3.38. The van der Waals surface area contributed by atoms with Gasteiger partial charge in [0.1, 0.15) is 12.3 Å². The molecule has 0 saturated carbocycles. The SMILES string of the molecule is O=[N+]([O-])c1cccc(/C=C/c2nc3ccccc3nc2OCc2ccc(Cl)cc2Cl)c1. The molecule has 0 aliphatic carbocycles. The molecule has 0 aliphatic heterocycles. The van der Waals surface area contributed by atoms with Crippen LogP contribution >= 0.6 is 23.2 Å². The third-order valence-electron chi connectivity index (χ3n) is 4.46. The second-order valence-corrected chi connectivity index (χ2v) is 7.46. The van der Waals surface area contributed by atoms with Gasteiger partial charge in [-0.15, -0.1) is 0 Å². The zero-order chi connectivity index (χ0) is 21.8. The monoisotopic (exact) mass is 451 g/mol. The number of aromatic nitrogens is 2. The van der Waals surface area contributed by atoms with Crippen LogP contribution in [0.5, 0.6) is 5.88 Å². The predicted octanol–water partition coefficient (Wildman–Crippen LogP) is 6.59. The lowest BCUT2D eigenvalue weighted by atomic mass is 10.1. The maximum Gasteiger partial charge on any atom is 0.270 e. The molecule has 0 unspecified atom stereocenters. The topological polar surface area (TPSA) is 78.2 Å². The van der Waals surface area contributed by atoms with Crippen LogP contribution in [0.3, 0.4) is 0 Å². The first kappa shape index (κ1) is 20.8. The minimum Gasteiger partial charge on any atom is -0.471 e. The van der Waals surface area contributed by atoms with Crippen molar-refractivity contribution >= 4 is 52.1 Å². The fraction of sp³-hybridized carbons (Fsp3) is 0.0435. The van der Waals surface area contributed by atoms with Gasteiger partial charge in [0.2, 0.25) is 5.88 Å². The minimum atomic E-state index is -0.433. The van der Waals surface area contributed by atoms with Gasteiger partial charge in [-0.25, -0.2) is 9.97 Å². The van der Waals surface area contributed by atoms with Crippen LogP contribution in [0.2, 0.25) is 10.0 Å². The van der Waals surface area contributed by atoms with Gasteiger partial charge in [-0.1, -0.05) is 59.6 Å². The molecule has 0 N–H and O–H groups in total. The van der Waals surface area contributed by atoms with Crippen LogP contribution < -0.4 is 4.74 Å². The number of para-hydroxylation sites is 2. The second-order valence-electron chi connectivity index (χ2n) is 6.61. The quantitative estimate of drug-likeness (QED) is 0.244. The number of hydrogen-bond donors (Lipinski definition) is 0. The van der Waals surface area contributed by atoms with Crippen molar-refractivity contribution in [1.82, 2.24) is 9.97 Å². The maximum atomic E-state index is 11.0. The molecular formula is C23H15Cl2N3O3. The van der Waals surface area contributed by atoms with Gasteiger partial charge in [-0.2, -0.15) is 0 Å². The van der Waals surface area contributed by atoms with Crippen LogP contribution in [0.1, 0.15) is 16.8 Å². The first-order chi connectivity index (χ1) is 15.0. The summed E-state index contributed by atoms with van der Waals surface area (Å²) >= 11 is 12.2. The average Bonchev–Trinajstić information content (AvgIpc) is 2.77. The van der Waals surface area contributed by atoms with E-state index >= 15 is 0 Å². The lowest BCUT2D eigenvalue weighted by Gasteiger charge is -2.10. The third kappa shape index (κ3) is 4.99. The number of benzene rings is 3. The molecule has 0 amide bonds. The van der Waals surface area contributed by atoms with Crippen molar-refractivity contribution in [2.75, 3.05) is 0 Å². The molecule has 0 saturated heterocycles. The molecular weight excluding hydrogens is 437 g/mol. The standard InChI is InChI=1S/C23H15Cl2N3O3/c24-17-10-9-16(19(25)13-17)14-31-23-22(26-20-6-1-2-7-21(20)27-23)11-8-15-4-3-5-18(12-15)28(29)30/h1-13H,14H2/b11-8+. The minimum absolute atomic E-state index is 0.0144. The molecule has 0 radical (unpaired) electrons. The summed E-state index contributed by atoms with van der Waals surface area (Å²) in [6.45, 7) is 0.181. The van der Waals surface area contributed by atoms with E-state index in [0.717, 1.165) is 5.56 Å². The summed E-state index contributed by atoms with van der Waals surface area (Å²) in [5, 5.41) is 12.1. The van der Waals surface area contributed by atoms with Gasteiger partial charge in [0.05, 0.1) is 16.0 Å². The highest BCUT2D eigenvalue weighted by atomic mass is 35.5. The number of nitrogens with zero attached hydrogens (tertiary/aromatic N) is 3. The molecule has 0 spiro atoms. The van der Waals surface area contributed by atoms with E-state index < -0.39 is 4.92 Å². The van der Waals surface area contributed by atoms with Gasteiger partial charge in [-0.05, 0) is 35.9 Å². The zero-order valence-corrected chi connectivity index (χ0v) is 17.5. The number of halogens is 2. The van der Waals surface area contributed by atoms with Crippen LogP contribution in [0.4, 0.5) is 5.69 Å². The molecule has 1 heterocycles. The van der Waals surface area contributed by atoms with E-state index in [2.05, 4.69) is 9.97 Å². The first-order valence-corrected chi connectivity index (χ1v) is 10.0. The van der Waals surface area contributed by atoms with Crippen molar-refractivity contribution in [3.63, 3.8) is 0 Å². The highest BCUT2D eigenvalue weighted by Gasteiger charge is 2.11. The Bertz CT molecular complexity index is 1310. The average molecular weight is 452 g/mol. The van der Waals surface area contributed by atoms with Crippen LogP contribution in [0.15, 0.2) is 66.7 Å². The molecule has 1 aromatic heterocycles. The Hall–Kier alpha value is -3.48. The van der Waals surface area contributed by atoms with Crippen molar-refractivity contribution < 1.29 is 9.66 Å². The summed E-state index contributed by atoms with van der Waals surface area (Å²) in [5.74, 6) is 0.325.